The first-order valence-electron chi connectivity index (χ1n) is 6.87. The summed E-state index contributed by atoms with van der Waals surface area (Å²) in [6, 6.07) is 3.23. The Labute approximate surface area is 125 Å². The van der Waals surface area contributed by atoms with E-state index >= 15 is 0 Å². The second-order valence-corrected chi connectivity index (χ2v) is 5.79. The number of hydrogen-bond donors (Lipinski definition) is 3. The predicted octanol–water partition coefficient (Wildman–Crippen LogP) is 2.97. The molecule has 0 aliphatic heterocycles. The molecule has 0 radical (unpaired) electrons. The van der Waals surface area contributed by atoms with E-state index in [1.165, 1.54) is 12.5 Å². The molecule has 6 heteroatoms. The Morgan fingerprint density at radius 2 is 2.05 bits per heavy atom. The molecule has 20 heavy (non-hydrogen) atoms. The number of halogens is 1. The first-order chi connectivity index (χ1) is 9.42. The molecular weight excluding hydrogens is 276 g/mol. The molecule has 1 heterocycles. The highest BCUT2D eigenvalue weighted by atomic mass is 35.5. The van der Waals surface area contributed by atoms with Gasteiger partial charge in [0.2, 0.25) is 0 Å². The van der Waals surface area contributed by atoms with Crippen LogP contribution in [0.5, 0.6) is 0 Å². The molecule has 0 bridgehead atoms. The summed E-state index contributed by atoms with van der Waals surface area (Å²) in [5, 5.41) is 3.19. The summed E-state index contributed by atoms with van der Waals surface area (Å²) in [7, 11) is 0. The Bertz CT molecular complexity index is 451. The summed E-state index contributed by atoms with van der Waals surface area (Å²) in [4.78, 5) is 16.0. The third kappa shape index (κ3) is 5.75. The molecule has 1 atom stereocenters. The largest absolute Gasteiger partial charge is 0.350 e. The molecule has 0 aromatic carbocycles. The molecule has 5 nitrogen and oxygen atoms in total. The van der Waals surface area contributed by atoms with Crippen molar-refractivity contribution in [2.75, 3.05) is 5.43 Å². The molecule has 1 amide bonds. The number of nitrogen functional groups attached to an aromatic ring is 1. The van der Waals surface area contributed by atoms with Crippen molar-refractivity contribution in [3.63, 3.8) is 0 Å². The normalized spacial score (nSPS) is 12.3. The van der Waals surface area contributed by atoms with Gasteiger partial charge in [-0.1, -0.05) is 38.3 Å². The number of nitrogens with one attached hydrogen (secondary N) is 2. The second-order valence-electron chi connectivity index (χ2n) is 5.41. The van der Waals surface area contributed by atoms with Crippen molar-refractivity contribution in [1.29, 1.82) is 0 Å². The maximum Gasteiger partial charge on any atom is 0.251 e. The summed E-state index contributed by atoms with van der Waals surface area (Å²) in [5.41, 5.74) is 2.84. The highest BCUT2D eigenvalue weighted by Gasteiger charge is 2.12. The number of carbonyl (C=O) groups excluding carboxylic acids is 1. The Balaban J connectivity index is 2.55. The lowest BCUT2D eigenvalue weighted by Crippen LogP contribution is -2.32. The standard InChI is InChI=1S/C14H23ClN4O/c1-9(2)5-4-6-10(3)17-14(20)11-7-12(15)18-13(8-11)19-16/h7-10H,4-6,16H2,1-3H3,(H,17,20)(H,18,19). The van der Waals surface area contributed by atoms with Crippen LogP contribution < -0.4 is 16.6 Å². The van der Waals surface area contributed by atoms with Gasteiger partial charge in [0.05, 0.1) is 0 Å². The van der Waals surface area contributed by atoms with E-state index < -0.39 is 0 Å². The lowest BCUT2D eigenvalue weighted by molar-refractivity contribution is 0.0937. The van der Waals surface area contributed by atoms with Gasteiger partial charge in [0.15, 0.2) is 0 Å². The van der Waals surface area contributed by atoms with Crippen LogP contribution >= 0.6 is 11.6 Å². The van der Waals surface area contributed by atoms with Gasteiger partial charge in [-0.25, -0.2) is 10.8 Å². The number of nitrogens with two attached hydrogens (primary N) is 1. The lowest BCUT2D eigenvalue weighted by atomic mass is 10.0. The average Bonchev–Trinajstić information content (AvgIpc) is 2.37. The predicted molar refractivity (Wildman–Crippen MR) is 82.7 cm³/mol. The zero-order valence-electron chi connectivity index (χ0n) is 12.2. The third-order valence-corrected chi connectivity index (χ3v) is 3.19. The quantitative estimate of drug-likeness (QED) is 0.411. The van der Waals surface area contributed by atoms with Crippen LogP contribution in [0.3, 0.4) is 0 Å². The number of rotatable bonds is 7. The van der Waals surface area contributed by atoms with E-state index in [2.05, 4.69) is 29.6 Å². The van der Waals surface area contributed by atoms with Crippen LogP contribution in [0.15, 0.2) is 12.1 Å². The Hall–Kier alpha value is -1.33. The topological polar surface area (TPSA) is 80.0 Å². The van der Waals surface area contributed by atoms with Crippen LogP contribution in [0.25, 0.3) is 0 Å². The summed E-state index contributed by atoms with van der Waals surface area (Å²) in [6.07, 6.45) is 3.24. The van der Waals surface area contributed by atoms with Crippen molar-refractivity contribution in [1.82, 2.24) is 10.3 Å². The van der Waals surface area contributed by atoms with Crippen molar-refractivity contribution in [3.05, 3.63) is 22.8 Å². The number of carbonyl (C=O) groups is 1. The molecule has 4 N–H and O–H groups in total. The number of hydrazine groups is 1. The highest BCUT2D eigenvalue weighted by Crippen LogP contribution is 2.14. The fourth-order valence-corrected chi connectivity index (χ4v) is 2.12. The molecular formula is C14H23ClN4O. The van der Waals surface area contributed by atoms with Crippen molar-refractivity contribution >= 4 is 23.3 Å². The van der Waals surface area contributed by atoms with Gasteiger partial charge in [-0.05, 0) is 31.4 Å². The minimum absolute atomic E-state index is 0.127. The summed E-state index contributed by atoms with van der Waals surface area (Å²) >= 11 is 5.84. The van der Waals surface area contributed by atoms with Crippen molar-refractivity contribution in [2.45, 2.75) is 46.1 Å². The van der Waals surface area contributed by atoms with Crippen LogP contribution in [0, 0.1) is 5.92 Å². The zero-order chi connectivity index (χ0) is 15.1. The van der Waals surface area contributed by atoms with E-state index in [0.717, 1.165) is 12.8 Å². The van der Waals surface area contributed by atoms with Gasteiger partial charge in [0.25, 0.3) is 5.91 Å². The average molecular weight is 299 g/mol. The number of pyridine rings is 1. The number of aromatic nitrogens is 1. The van der Waals surface area contributed by atoms with Crippen LogP contribution in [-0.2, 0) is 0 Å². The van der Waals surface area contributed by atoms with Gasteiger partial charge in [-0.3, -0.25) is 4.79 Å². The van der Waals surface area contributed by atoms with Crippen molar-refractivity contribution in [3.8, 4) is 0 Å². The van der Waals surface area contributed by atoms with Crippen LogP contribution in [-0.4, -0.2) is 16.9 Å². The maximum absolute atomic E-state index is 12.1. The van der Waals surface area contributed by atoms with Crippen molar-refractivity contribution in [2.24, 2.45) is 11.8 Å². The van der Waals surface area contributed by atoms with Gasteiger partial charge in [0, 0.05) is 11.6 Å². The van der Waals surface area contributed by atoms with Gasteiger partial charge in [-0.2, -0.15) is 0 Å². The summed E-state index contributed by atoms with van der Waals surface area (Å²) in [6.45, 7) is 6.40. The molecule has 112 valence electrons. The first-order valence-corrected chi connectivity index (χ1v) is 7.25. The van der Waals surface area contributed by atoms with E-state index in [9.17, 15) is 4.79 Å². The molecule has 1 unspecified atom stereocenters. The van der Waals surface area contributed by atoms with Crippen molar-refractivity contribution < 1.29 is 4.79 Å². The molecule has 0 saturated carbocycles. The minimum Gasteiger partial charge on any atom is -0.350 e. The van der Waals surface area contributed by atoms with Gasteiger partial charge in [-0.15, -0.1) is 0 Å². The van der Waals surface area contributed by atoms with E-state index in [-0.39, 0.29) is 17.1 Å². The Morgan fingerprint density at radius 1 is 1.35 bits per heavy atom. The van der Waals surface area contributed by atoms with Crippen LogP contribution in [0.2, 0.25) is 5.15 Å². The van der Waals surface area contributed by atoms with Crippen LogP contribution in [0.1, 0.15) is 50.4 Å². The van der Waals surface area contributed by atoms with E-state index in [1.54, 1.807) is 6.07 Å². The molecule has 0 fully saturated rings. The Kier molecular flexibility index (Phi) is 6.75. The molecule has 0 aliphatic carbocycles. The first kappa shape index (κ1) is 16.7. The minimum atomic E-state index is -0.164. The lowest BCUT2D eigenvalue weighted by Gasteiger charge is -2.15. The van der Waals surface area contributed by atoms with E-state index in [1.807, 2.05) is 6.92 Å². The fraction of sp³-hybridized carbons (Fsp3) is 0.571. The summed E-state index contributed by atoms with van der Waals surface area (Å²) in [5.74, 6) is 6.18. The number of amides is 1. The van der Waals surface area contributed by atoms with Gasteiger partial charge >= 0.3 is 0 Å². The fourth-order valence-electron chi connectivity index (χ4n) is 1.91. The molecule has 0 aliphatic rings. The van der Waals surface area contributed by atoms with E-state index in [0.29, 0.717) is 17.3 Å². The molecule has 1 rings (SSSR count). The Morgan fingerprint density at radius 3 is 2.65 bits per heavy atom. The smallest absolute Gasteiger partial charge is 0.251 e. The maximum atomic E-state index is 12.1. The molecule has 1 aromatic rings. The summed E-state index contributed by atoms with van der Waals surface area (Å²) < 4.78 is 0. The van der Waals surface area contributed by atoms with E-state index in [4.69, 9.17) is 17.4 Å². The van der Waals surface area contributed by atoms with Gasteiger partial charge < -0.3 is 10.7 Å². The zero-order valence-corrected chi connectivity index (χ0v) is 13.0. The highest BCUT2D eigenvalue weighted by molar-refractivity contribution is 6.29. The third-order valence-electron chi connectivity index (χ3n) is 3.00. The SMILES string of the molecule is CC(C)CCCC(C)NC(=O)c1cc(Cl)nc(NN)c1. The number of nitrogens with zero attached hydrogens (tertiary/aromatic N) is 1. The number of hydrogen-bond acceptors (Lipinski definition) is 4. The number of anilines is 1. The molecule has 0 spiro atoms. The van der Waals surface area contributed by atoms with Gasteiger partial charge in [0.1, 0.15) is 11.0 Å². The monoisotopic (exact) mass is 298 g/mol. The second kappa shape index (κ2) is 8.07. The van der Waals surface area contributed by atoms with Crippen LogP contribution in [0.4, 0.5) is 5.82 Å². The molecule has 1 aromatic heterocycles. The molecule has 0 saturated heterocycles.